The van der Waals surface area contributed by atoms with Gasteiger partial charge >= 0.3 is 0 Å². The number of hydrogen-bond acceptors (Lipinski definition) is 3. The molecule has 0 aromatic heterocycles. The third kappa shape index (κ3) is 3.50. The first-order chi connectivity index (χ1) is 9.79. The number of halogens is 2. The lowest BCUT2D eigenvalue weighted by Gasteiger charge is -2.43. The van der Waals surface area contributed by atoms with Crippen molar-refractivity contribution in [3.63, 3.8) is 0 Å². The van der Waals surface area contributed by atoms with E-state index >= 15 is 0 Å². The molecular formula is C16H24ClFN2O. The van der Waals surface area contributed by atoms with Gasteiger partial charge in [0.1, 0.15) is 11.6 Å². The number of ether oxygens (including phenoxy) is 1. The van der Waals surface area contributed by atoms with Crippen molar-refractivity contribution < 1.29 is 9.13 Å². The fraction of sp³-hybridized carbons (Fsp3) is 0.625. The Balaban J connectivity index is 0.00000161. The molecule has 1 heterocycles. The molecule has 2 aliphatic rings. The zero-order valence-corrected chi connectivity index (χ0v) is 13.3. The van der Waals surface area contributed by atoms with Crippen LogP contribution in [0.4, 0.5) is 4.39 Å². The van der Waals surface area contributed by atoms with Gasteiger partial charge in [-0.25, -0.2) is 4.39 Å². The van der Waals surface area contributed by atoms with Crippen molar-refractivity contribution in [1.29, 1.82) is 0 Å². The summed E-state index contributed by atoms with van der Waals surface area (Å²) in [5.74, 6) is 1.16. The highest BCUT2D eigenvalue weighted by Gasteiger charge is 2.35. The lowest BCUT2D eigenvalue weighted by atomic mass is 9.76. The minimum atomic E-state index is -0.224. The molecular weight excluding hydrogens is 291 g/mol. The van der Waals surface area contributed by atoms with E-state index in [1.54, 1.807) is 13.2 Å². The standard InChI is InChI=1S/C16H23FN2O.ClH/c1-20-15-11-13(17)5-6-14(15)16(12-3-2-4-12)19-9-7-18-8-10-19;/h5-6,11-12,16,18H,2-4,7-10H2,1H3;1H/t16-;/m0./s1. The topological polar surface area (TPSA) is 24.5 Å². The number of methoxy groups -OCH3 is 1. The summed E-state index contributed by atoms with van der Waals surface area (Å²) in [7, 11) is 1.63. The number of benzene rings is 1. The van der Waals surface area contributed by atoms with Crippen molar-refractivity contribution in [3.05, 3.63) is 29.6 Å². The van der Waals surface area contributed by atoms with Gasteiger partial charge in [0.2, 0.25) is 0 Å². The summed E-state index contributed by atoms with van der Waals surface area (Å²) in [6.45, 7) is 4.18. The lowest BCUT2D eigenvalue weighted by molar-refractivity contribution is 0.0818. The number of hydrogen-bond donors (Lipinski definition) is 1. The number of piperazine rings is 1. The minimum Gasteiger partial charge on any atom is -0.496 e. The van der Waals surface area contributed by atoms with Crippen molar-refractivity contribution in [2.24, 2.45) is 5.92 Å². The van der Waals surface area contributed by atoms with Gasteiger partial charge < -0.3 is 10.1 Å². The van der Waals surface area contributed by atoms with Gasteiger partial charge in [0.05, 0.1) is 7.11 Å². The van der Waals surface area contributed by atoms with Crippen LogP contribution in [0.25, 0.3) is 0 Å². The van der Waals surface area contributed by atoms with Gasteiger partial charge in [-0.2, -0.15) is 0 Å². The van der Waals surface area contributed by atoms with Crippen LogP contribution < -0.4 is 10.1 Å². The Bertz CT molecular complexity index is 462. The molecule has 118 valence electrons. The third-order valence-electron chi connectivity index (χ3n) is 4.66. The predicted molar refractivity (Wildman–Crippen MR) is 84.7 cm³/mol. The first kappa shape index (κ1) is 16.5. The molecule has 1 N–H and O–H groups in total. The summed E-state index contributed by atoms with van der Waals surface area (Å²) in [5.41, 5.74) is 1.15. The van der Waals surface area contributed by atoms with Crippen LogP contribution >= 0.6 is 12.4 Å². The molecule has 0 radical (unpaired) electrons. The second-order valence-electron chi connectivity index (χ2n) is 5.81. The fourth-order valence-electron chi connectivity index (χ4n) is 3.39. The van der Waals surface area contributed by atoms with E-state index in [2.05, 4.69) is 10.2 Å². The van der Waals surface area contributed by atoms with Crippen LogP contribution in [0.3, 0.4) is 0 Å². The Morgan fingerprint density at radius 3 is 2.57 bits per heavy atom. The first-order valence-electron chi connectivity index (χ1n) is 7.58. The van der Waals surface area contributed by atoms with Gasteiger partial charge in [-0.1, -0.05) is 12.5 Å². The predicted octanol–water partition coefficient (Wildman–Crippen LogP) is 3.00. The molecule has 1 aliphatic heterocycles. The maximum atomic E-state index is 13.4. The molecule has 1 aromatic carbocycles. The quantitative estimate of drug-likeness (QED) is 0.924. The average molecular weight is 315 g/mol. The van der Waals surface area contributed by atoms with E-state index in [-0.39, 0.29) is 18.2 Å². The van der Waals surface area contributed by atoms with E-state index in [0.717, 1.165) is 31.7 Å². The maximum absolute atomic E-state index is 13.4. The van der Waals surface area contributed by atoms with Gasteiger partial charge in [-0.05, 0) is 24.8 Å². The SMILES string of the molecule is COc1cc(F)ccc1[C@H](C1CCC1)N1CCNCC1.Cl. The molecule has 3 rings (SSSR count). The smallest absolute Gasteiger partial charge is 0.126 e. The highest BCUT2D eigenvalue weighted by molar-refractivity contribution is 5.85. The van der Waals surface area contributed by atoms with E-state index in [1.165, 1.54) is 25.3 Å². The summed E-state index contributed by atoms with van der Waals surface area (Å²) in [6, 6.07) is 5.37. The van der Waals surface area contributed by atoms with Crippen LogP contribution in [-0.2, 0) is 0 Å². The molecule has 0 spiro atoms. The van der Waals surface area contributed by atoms with Crippen molar-refractivity contribution in [2.75, 3.05) is 33.3 Å². The zero-order valence-electron chi connectivity index (χ0n) is 12.5. The molecule has 0 unspecified atom stereocenters. The second kappa shape index (κ2) is 7.43. The molecule has 2 fully saturated rings. The van der Waals surface area contributed by atoms with Crippen LogP contribution in [0.5, 0.6) is 5.75 Å². The van der Waals surface area contributed by atoms with E-state index in [9.17, 15) is 4.39 Å². The number of rotatable bonds is 4. The first-order valence-corrected chi connectivity index (χ1v) is 7.58. The van der Waals surface area contributed by atoms with Gasteiger partial charge in [0.25, 0.3) is 0 Å². The van der Waals surface area contributed by atoms with Crippen LogP contribution in [0.2, 0.25) is 0 Å². The van der Waals surface area contributed by atoms with Crippen LogP contribution in [0.15, 0.2) is 18.2 Å². The molecule has 21 heavy (non-hydrogen) atoms. The summed E-state index contributed by atoms with van der Waals surface area (Å²) < 4.78 is 18.9. The van der Waals surface area contributed by atoms with Crippen molar-refractivity contribution >= 4 is 12.4 Å². The Labute approximate surface area is 132 Å². The maximum Gasteiger partial charge on any atom is 0.126 e. The largest absolute Gasteiger partial charge is 0.496 e. The average Bonchev–Trinajstić information content (AvgIpc) is 2.44. The van der Waals surface area contributed by atoms with E-state index < -0.39 is 0 Å². The third-order valence-corrected chi connectivity index (χ3v) is 4.66. The molecule has 3 nitrogen and oxygen atoms in total. The van der Waals surface area contributed by atoms with E-state index in [1.807, 2.05) is 6.07 Å². The number of nitrogens with zero attached hydrogens (tertiary/aromatic N) is 1. The zero-order chi connectivity index (χ0) is 13.9. The minimum absolute atomic E-state index is 0. The molecule has 0 amide bonds. The molecule has 1 atom stereocenters. The Morgan fingerprint density at radius 1 is 1.29 bits per heavy atom. The monoisotopic (exact) mass is 314 g/mol. The second-order valence-corrected chi connectivity index (χ2v) is 5.81. The highest BCUT2D eigenvalue weighted by Crippen LogP contribution is 2.44. The van der Waals surface area contributed by atoms with Crippen molar-refractivity contribution in [1.82, 2.24) is 10.2 Å². The molecule has 1 aromatic rings. The van der Waals surface area contributed by atoms with Crippen LogP contribution in [0, 0.1) is 11.7 Å². The van der Waals surface area contributed by atoms with Crippen LogP contribution in [0.1, 0.15) is 30.9 Å². The molecule has 0 bridgehead atoms. The Kier molecular flexibility index (Phi) is 5.85. The summed E-state index contributed by atoms with van der Waals surface area (Å²) in [5, 5.41) is 3.40. The van der Waals surface area contributed by atoms with Gasteiger partial charge in [0.15, 0.2) is 0 Å². The molecule has 5 heteroatoms. The van der Waals surface area contributed by atoms with E-state index in [4.69, 9.17) is 4.74 Å². The van der Waals surface area contributed by atoms with Gasteiger partial charge in [-0.15, -0.1) is 12.4 Å². The molecule has 1 aliphatic carbocycles. The Morgan fingerprint density at radius 2 is 2.00 bits per heavy atom. The molecule has 1 saturated heterocycles. The van der Waals surface area contributed by atoms with Crippen molar-refractivity contribution in [3.8, 4) is 5.75 Å². The fourth-order valence-corrected chi connectivity index (χ4v) is 3.39. The highest BCUT2D eigenvalue weighted by atomic mass is 35.5. The lowest BCUT2D eigenvalue weighted by Crippen LogP contribution is -2.47. The number of nitrogens with one attached hydrogen (secondary N) is 1. The molecule has 1 saturated carbocycles. The van der Waals surface area contributed by atoms with Crippen LogP contribution in [-0.4, -0.2) is 38.2 Å². The normalized spacial score (nSPS) is 21.2. The van der Waals surface area contributed by atoms with E-state index in [0.29, 0.717) is 17.7 Å². The van der Waals surface area contributed by atoms with Gasteiger partial charge in [0, 0.05) is 43.9 Å². The Hall–Kier alpha value is -0.840. The summed E-state index contributed by atoms with van der Waals surface area (Å²) >= 11 is 0. The summed E-state index contributed by atoms with van der Waals surface area (Å²) in [4.78, 5) is 2.54. The van der Waals surface area contributed by atoms with Crippen molar-refractivity contribution in [2.45, 2.75) is 25.3 Å². The summed E-state index contributed by atoms with van der Waals surface area (Å²) in [6.07, 6.45) is 3.86. The van der Waals surface area contributed by atoms with Gasteiger partial charge in [-0.3, -0.25) is 4.90 Å².